The van der Waals surface area contributed by atoms with Gasteiger partial charge in [0.05, 0.1) is 0 Å². The van der Waals surface area contributed by atoms with E-state index < -0.39 is 0 Å². The minimum absolute atomic E-state index is 0.870. The lowest BCUT2D eigenvalue weighted by Crippen LogP contribution is -2.17. The molecule has 0 aliphatic carbocycles. The molecule has 0 spiro atoms. The Morgan fingerprint density at radius 2 is 1.90 bits per heavy atom. The van der Waals surface area contributed by atoms with Crippen LogP contribution in [0.15, 0.2) is 42.7 Å². The fourth-order valence-corrected chi connectivity index (χ4v) is 2.07. The number of para-hydroxylation sites is 1. The first-order valence-corrected chi connectivity index (χ1v) is 7.23. The third-order valence-electron chi connectivity index (χ3n) is 3.15. The standard InChI is InChI=1S/C16H22N4/c1-3-5-11-17-15-12-16(19-13-18-15)20(4-2)14-9-7-6-8-10-14/h6-10,12-13H,3-5,11H2,1-2H3,(H,17,18,19). The summed E-state index contributed by atoms with van der Waals surface area (Å²) in [6.45, 7) is 6.13. The van der Waals surface area contributed by atoms with Gasteiger partial charge in [-0.05, 0) is 25.5 Å². The van der Waals surface area contributed by atoms with Crippen molar-refractivity contribution in [3.63, 3.8) is 0 Å². The van der Waals surface area contributed by atoms with Crippen LogP contribution in [0.1, 0.15) is 26.7 Å². The van der Waals surface area contributed by atoms with Crippen molar-refractivity contribution in [1.29, 1.82) is 0 Å². The van der Waals surface area contributed by atoms with Crippen molar-refractivity contribution in [1.82, 2.24) is 9.97 Å². The Balaban J connectivity index is 2.16. The first-order valence-electron chi connectivity index (χ1n) is 7.23. The van der Waals surface area contributed by atoms with Crippen LogP contribution in [0.3, 0.4) is 0 Å². The molecule has 2 aromatic rings. The van der Waals surface area contributed by atoms with Gasteiger partial charge in [-0.3, -0.25) is 0 Å². The molecule has 0 aliphatic heterocycles. The number of anilines is 3. The van der Waals surface area contributed by atoms with Gasteiger partial charge >= 0.3 is 0 Å². The first kappa shape index (κ1) is 14.3. The molecule has 0 aliphatic rings. The molecule has 1 N–H and O–H groups in total. The predicted octanol–water partition coefficient (Wildman–Crippen LogP) is 3.85. The van der Waals surface area contributed by atoms with E-state index in [1.54, 1.807) is 6.33 Å². The molecule has 4 nitrogen and oxygen atoms in total. The summed E-state index contributed by atoms with van der Waals surface area (Å²) in [7, 11) is 0. The number of nitrogens with one attached hydrogen (secondary N) is 1. The summed E-state index contributed by atoms with van der Waals surface area (Å²) in [5.41, 5.74) is 1.15. The largest absolute Gasteiger partial charge is 0.370 e. The van der Waals surface area contributed by atoms with Crippen molar-refractivity contribution >= 4 is 17.3 Å². The molecule has 0 saturated heterocycles. The Morgan fingerprint density at radius 1 is 1.10 bits per heavy atom. The van der Waals surface area contributed by atoms with Gasteiger partial charge in [0.1, 0.15) is 18.0 Å². The van der Waals surface area contributed by atoms with Crippen LogP contribution in [-0.2, 0) is 0 Å². The summed E-state index contributed by atoms with van der Waals surface area (Å²) in [5, 5.41) is 3.34. The summed E-state index contributed by atoms with van der Waals surface area (Å²) in [5.74, 6) is 1.81. The topological polar surface area (TPSA) is 41.0 Å². The summed E-state index contributed by atoms with van der Waals surface area (Å²) < 4.78 is 0. The van der Waals surface area contributed by atoms with Gasteiger partial charge in [-0.25, -0.2) is 9.97 Å². The van der Waals surface area contributed by atoms with E-state index in [1.165, 1.54) is 6.42 Å². The van der Waals surface area contributed by atoms with Gasteiger partial charge in [-0.1, -0.05) is 31.5 Å². The molecule has 4 heteroatoms. The van der Waals surface area contributed by atoms with Crippen molar-refractivity contribution in [3.8, 4) is 0 Å². The van der Waals surface area contributed by atoms with Crippen LogP contribution >= 0.6 is 0 Å². The average Bonchev–Trinajstić information content (AvgIpc) is 2.50. The molecule has 20 heavy (non-hydrogen) atoms. The predicted molar refractivity (Wildman–Crippen MR) is 84.6 cm³/mol. The van der Waals surface area contributed by atoms with Gasteiger partial charge in [0.2, 0.25) is 0 Å². The van der Waals surface area contributed by atoms with E-state index in [9.17, 15) is 0 Å². The van der Waals surface area contributed by atoms with Crippen molar-refractivity contribution in [2.75, 3.05) is 23.3 Å². The van der Waals surface area contributed by atoms with Gasteiger partial charge in [0.25, 0.3) is 0 Å². The number of hydrogen-bond donors (Lipinski definition) is 1. The number of benzene rings is 1. The number of nitrogens with zero attached hydrogens (tertiary/aromatic N) is 3. The maximum atomic E-state index is 4.39. The summed E-state index contributed by atoms with van der Waals surface area (Å²) >= 11 is 0. The van der Waals surface area contributed by atoms with Gasteiger partial charge in [0.15, 0.2) is 0 Å². The number of aromatic nitrogens is 2. The minimum atomic E-state index is 0.870. The van der Waals surface area contributed by atoms with E-state index in [0.717, 1.165) is 36.8 Å². The van der Waals surface area contributed by atoms with Crippen LogP contribution in [0.25, 0.3) is 0 Å². The molecular weight excluding hydrogens is 248 g/mol. The molecule has 0 atom stereocenters. The van der Waals surface area contributed by atoms with Crippen molar-refractivity contribution < 1.29 is 0 Å². The van der Waals surface area contributed by atoms with Crippen LogP contribution in [0, 0.1) is 0 Å². The SMILES string of the molecule is CCCCNc1cc(N(CC)c2ccccc2)ncn1. The number of unbranched alkanes of at least 4 members (excludes halogenated alkanes) is 1. The molecule has 0 unspecified atom stereocenters. The second-order valence-electron chi connectivity index (χ2n) is 4.62. The van der Waals surface area contributed by atoms with Crippen LogP contribution in [0.4, 0.5) is 17.3 Å². The maximum absolute atomic E-state index is 4.39. The fourth-order valence-electron chi connectivity index (χ4n) is 2.07. The van der Waals surface area contributed by atoms with Crippen LogP contribution in [0.2, 0.25) is 0 Å². The Kier molecular flexibility index (Phi) is 5.35. The van der Waals surface area contributed by atoms with Crippen molar-refractivity contribution in [2.45, 2.75) is 26.7 Å². The molecular formula is C16H22N4. The third-order valence-corrected chi connectivity index (χ3v) is 3.15. The molecule has 1 aromatic heterocycles. The van der Waals surface area contributed by atoms with E-state index in [0.29, 0.717) is 0 Å². The number of rotatable bonds is 7. The van der Waals surface area contributed by atoms with Crippen LogP contribution < -0.4 is 10.2 Å². The highest BCUT2D eigenvalue weighted by molar-refractivity contribution is 5.61. The minimum Gasteiger partial charge on any atom is -0.370 e. The molecule has 1 aromatic carbocycles. The number of hydrogen-bond acceptors (Lipinski definition) is 4. The lowest BCUT2D eigenvalue weighted by Gasteiger charge is -2.22. The highest BCUT2D eigenvalue weighted by atomic mass is 15.2. The van der Waals surface area contributed by atoms with Gasteiger partial charge in [-0.15, -0.1) is 0 Å². The van der Waals surface area contributed by atoms with E-state index in [1.807, 2.05) is 24.3 Å². The highest BCUT2D eigenvalue weighted by Gasteiger charge is 2.09. The zero-order valence-corrected chi connectivity index (χ0v) is 12.2. The molecule has 0 amide bonds. The molecule has 0 saturated carbocycles. The first-order chi connectivity index (χ1) is 9.85. The smallest absolute Gasteiger partial charge is 0.138 e. The maximum Gasteiger partial charge on any atom is 0.138 e. The Bertz CT molecular complexity index is 513. The second kappa shape index (κ2) is 7.48. The quantitative estimate of drug-likeness (QED) is 0.776. The third kappa shape index (κ3) is 3.70. The normalized spacial score (nSPS) is 10.3. The molecule has 2 rings (SSSR count). The molecule has 106 valence electrons. The van der Waals surface area contributed by atoms with Gasteiger partial charge < -0.3 is 10.2 Å². The molecule has 0 bridgehead atoms. The average molecular weight is 270 g/mol. The van der Waals surface area contributed by atoms with Gasteiger partial charge in [-0.2, -0.15) is 0 Å². The second-order valence-corrected chi connectivity index (χ2v) is 4.62. The Morgan fingerprint density at radius 3 is 2.60 bits per heavy atom. The fraction of sp³-hybridized carbons (Fsp3) is 0.375. The van der Waals surface area contributed by atoms with E-state index >= 15 is 0 Å². The lowest BCUT2D eigenvalue weighted by atomic mass is 10.3. The highest BCUT2D eigenvalue weighted by Crippen LogP contribution is 2.23. The Labute approximate surface area is 120 Å². The van der Waals surface area contributed by atoms with Crippen LogP contribution in [-0.4, -0.2) is 23.1 Å². The summed E-state index contributed by atoms with van der Waals surface area (Å²) in [6, 6.07) is 12.3. The molecule has 0 fully saturated rings. The van der Waals surface area contributed by atoms with Crippen molar-refractivity contribution in [2.24, 2.45) is 0 Å². The lowest BCUT2D eigenvalue weighted by molar-refractivity contribution is 0.830. The van der Waals surface area contributed by atoms with E-state index in [-0.39, 0.29) is 0 Å². The molecule has 1 heterocycles. The molecule has 0 radical (unpaired) electrons. The zero-order valence-electron chi connectivity index (χ0n) is 12.2. The summed E-state index contributed by atoms with van der Waals surface area (Å²) in [4.78, 5) is 10.8. The van der Waals surface area contributed by atoms with E-state index in [4.69, 9.17) is 0 Å². The van der Waals surface area contributed by atoms with Crippen LogP contribution in [0.5, 0.6) is 0 Å². The monoisotopic (exact) mass is 270 g/mol. The van der Waals surface area contributed by atoms with Gasteiger partial charge in [0, 0.05) is 24.8 Å². The van der Waals surface area contributed by atoms with E-state index in [2.05, 4.69) is 46.2 Å². The summed E-state index contributed by atoms with van der Waals surface area (Å²) in [6.07, 6.45) is 3.95. The van der Waals surface area contributed by atoms with Crippen molar-refractivity contribution in [3.05, 3.63) is 42.7 Å². The Hall–Kier alpha value is -2.10. The zero-order chi connectivity index (χ0) is 14.2.